The largest absolute Gasteiger partial charge is 0.342 e. The first-order valence-electron chi connectivity index (χ1n) is 9.41. The number of rotatable bonds is 9. The van der Waals surface area contributed by atoms with Crippen molar-refractivity contribution in [2.45, 2.75) is 40.3 Å². The first-order chi connectivity index (χ1) is 12.8. The molecule has 0 radical (unpaired) electrons. The Morgan fingerprint density at radius 3 is 2.15 bits per heavy atom. The molecule has 27 heavy (non-hydrogen) atoms. The highest BCUT2D eigenvalue weighted by molar-refractivity contribution is 5.90. The van der Waals surface area contributed by atoms with Gasteiger partial charge in [-0.15, -0.1) is 0 Å². The summed E-state index contributed by atoms with van der Waals surface area (Å²) in [5, 5.41) is 5.49. The van der Waals surface area contributed by atoms with Gasteiger partial charge < -0.3 is 20.4 Å². The van der Waals surface area contributed by atoms with Crippen LogP contribution in [0.5, 0.6) is 0 Å². The summed E-state index contributed by atoms with van der Waals surface area (Å²) in [4.78, 5) is 40.2. The van der Waals surface area contributed by atoms with Crippen molar-refractivity contribution in [2.75, 3.05) is 26.7 Å². The highest BCUT2D eigenvalue weighted by Gasteiger charge is 2.28. The molecule has 1 aromatic rings. The Morgan fingerprint density at radius 2 is 1.63 bits per heavy atom. The van der Waals surface area contributed by atoms with Gasteiger partial charge in [-0.05, 0) is 25.3 Å². The fraction of sp³-hybridized carbons (Fsp3) is 0.550. The highest BCUT2D eigenvalue weighted by Crippen LogP contribution is 2.06. The predicted octanol–water partition coefficient (Wildman–Crippen LogP) is 1.84. The molecule has 4 amide bonds. The fourth-order valence-corrected chi connectivity index (χ4v) is 2.68. The second-order valence-electron chi connectivity index (χ2n) is 6.79. The van der Waals surface area contributed by atoms with Gasteiger partial charge in [-0.1, -0.05) is 44.2 Å². The Balaban J connectivity index is 2.63. The third-order valence-electron chi connectivity index (χ3n) is 4.38. The lowest BCUT2D eigenvalue weighted by Crippen LogP contribution is -2.54. The molecule has 0 aliphatic rings. The Labute approximate surface area is 162 Å². The van der Waals surface area contributed by atoms with E-state index in [1.807, 2.05) is 58.0 Å². The number of hydrogen-bond donors (Lipinski definition) is 2. The number of carbonyl (C=O) groups excluding carboxylic acids is 3. The normalized spacial score (nSPS) is 11.6. The quantitative estimate of drug-likeness (QED) is 0.690. The van der Waals surface area contributed by atoms with E-state index in [0.29, 0.717) is 19.6 Å². The molecule has 0 fully saturated rings. The zero-order valence-corrected chi connectivity index (χ0v) is 17.0. The van der Waals surface area contributed by atoms with E-state index in [0.717, 1.165) is 5.56 Å². The molecule has 0 spiro atoms. The number of hydrogen-bond acceptors (Lipinski definition) is 3. The molecule has 2 N–H and O–H groups in total. The SMILES string of the molecule is CCN(CC)C(=O)CN(C)C(=O)C(NC(=O)NCc1ccccc1)C(C)C. The van der Waals surface area contributed by atoms with Gasteiger partial charge in [0.1, 0.15) is 6.04 Å². The second-order valence-corrected chi connectivity index (χ2v) is 6.79. The Hall–Kier alpha value is -2.57. The lowest BCUT2D eigenvalue weighted by Gasteiger charge is -2.28. The Kier molecular flexibility index (Phi) is 9.33. The lowest BCUT2D eigenvalue weighted by molar-refractivity contribution is -0.140. The van der Waals surface area contributed by atoms with Crippen LogP contribution in [0.2, 0.25) is 0 Å². The summed E-state index contributed by atoms with van der Waals surface area (Å²) in [7, 11) is 1.59. The smallest absolute Gasteiger partial charge is 0.315 e. The van der Waals surface area contributed by atoms with Crippen LogP contribution in [0.3, 0.4) is 0 Å². The molecule has 0 aliphatic carbocycles. The number of carbonyl (C=O) groups is 3. The van der Waals surface area contributed by atoms with Gasteiger partial charge in [-0.25, -0.2) is 4.79 Å². The third kappa shape index (κ3) is 7.29. The van der Waals surface area contributed by atoms with Crippen LogP contribution in [-0.4, -0.2) is 60.4 Å². The molecule has 0 aliphatic heterocycles. The van der Waals surface area contributed by atoms with E-state index in [1.165, 1.54) is 4.90 Å². The number of nitrogens with one attached hydrogen (secondary N) is 2. The topological polar surface area (TPSA) is 81.8 Å². The van der Waals surface area contributed by atoms with Crippen LogP contribution in [0.4, 0.5) is 4.79 Å². The van der Waals surface area contributed by atoms with E-state index in [9.17, 15) is 14.4 Å². The summed E-state index contributed by atoms with van der Waals surface area (Å²) in [6, 6.07) is 8.43. The molecule has 0 bridgehead atoms. The molecule has 1 aromatic carbocycles. The van der Waals surface area contributed by atoms with Crippen LogP contribution in [0, 0.1) is 5.92 Å². The summed E-state index contributed by atoms with van der Waals surface area (Å²) >= 11 is 0. The minimum Gasteiger partial charge on any atom is -0.342 e. The van der Waals surface area contributed by atoms with E-state index < -0.39 is 12.1 Å². The molecule has 1 atom stereocenters. The standard InChI is InChI=1S/C20H32N4O3/c1-6-24(7-2)17(25)14-23(5)19(26)18(15(3)4)22-20(27)21-13-16-11-9-8-10-12-16/h8-12,15,18H,6-7,13-14H2,1-5H3,(H2,21,22,27). The van der Waals surface area contributed by atoms with Crippen molar-refractivity contribution in [3.8, 4) is 0 Å². The van der Waals surface area contributed by atoms with Crippen LogP contribution in [0.1, 0.15) is 33.3 Å². The summed E-state index contributed by atoms with van der Waals surface area (Å²) in [6.45, 7) is 9.10. The van der Waals surface area contributed by atoms with Gasteiger partial charge in [0.15, 0.2) is 0 Å². The first kappa shape index (κ1) is 22.5. The summed E-state index contributed by atoms with van der Waals surface area (Å²) in [5.41, 5.74) is 0.974. The van der Waals surface area contributed by atoms with Gasteiger partial charge >= 0.3 is 6.03 Å². The minimum atomic E-state index is -0.699. The minimum absolute atomic E-state index is 0.00293. The fourth-order valence-electron chi connectivity index (χ4n) is 2.68. The summed E-state index contributed by atoms with van der Waals surface area (Å²) in [5.74, 6) is -0.488. The zero-order chi connectivity index (χ0) is 20.4. The predicted molar refractivity (Wildman–Crippen MR) is 106 cm³/mol. The molecule has 7 heteroatoms. The number of likely N-dealkylation sites (N-methyl/N-ethyl adjacent to an activating group) is 2. The van der Waals surface area contributed by atoms with Crippen LogP contribution < -0.4 is 10.6 Å². The number of amides is 4. The maximum Gasteiger partial charge on any atom is 0.315 e. The van der Waals surface area contributed by atoms with Crippen molar-refractivity contribution < 1.29 is 14.4 Å². The molecular formula is C20H32N4O3. The van der Waals surface area contributed by atoms with Crippen LogP contribution in [0.15, 0.2) is 30.3 Å². The Bertz CT molecular complexity index is 615. The van der Waals surface area contributed by atoms with Crippen LogP contribution in [0.25, 0.3) is 0 Å². The van der Waals surface area contributed by atoms with E-state index >= 15 is 0 Å². The molecule has 1 unspecified atom stereocenters. The van der Waals surface area contributed by atoms with Gasteiger partial charge in [-0.2, -0.15) is 0 Å². The van der Waals surface area contributed by atoms with E-state index in [-0.39, 0.29) is 24.3 Å². The monoisotopic (exact) mass is 376 g/mol. The maximum atomic E-state index is 12.7. The summed E-state index contributed by atoms with van der Waals surface area (Å²) < 4.78 is 0. The molecule has 7 nitrogen and oxygen atoms in total. The van der Waals surface area contributed by atoms with Crippen molar-refractivity contribution in [1.29, 1.82) is 0 Å². The molecule has 0 heterocycles. The molecule has 0 saturated heterocycles. The third-order valence-corrected chi connectivity index (χ3v) is 4.38. The number of benzene rings is 1. The van der Waals surface area contributed by atoms with Crippen molar-refractivity contribution in [2.24, 2.45) is 5.92 Å². The summed E-state index contributed by atoms with van der Waals surface area (Å²) in [6.07, 6.45) is 0. The van der Waals surface area contributed by atoms with Gasteiger partial charge in [0.25, 0.3) is 0 Å². The van der Waals surface area contributed by atoms with Gasteiger partial charge in [0.05, 0.1) is 6.54 Å². The van der Waals surface area contributed by atoms with Gasteiger partial charge in [0, 0.05) is 26.7 Å². The van der Waals surface area contributed by atoms with Crippen molar-refractivity contribution >= 4 is 17.8 Å². The van der Waals surface area contributed by atoms with Crippen molar-refractivity contribution in [3.05, 3.63) is 35.9 Å². The average molecular weight is 377 g/mol. The Morgan fingerprint density at radius 1 is 1.04 bits per heavy atom. The number of nitrogens with zero attached hydrogens (tertiary/aromatic N) is 2. The van der Waals surface area contributed by atoms with Gasteiger partial charge in [-0.3, -0.25) is 9.59 Å². The molecule has 1 rings (SSSR count). The lowest BCUT2D eigenvalue weighted by atomic mass is 10.0. The van der Waals surface area contributed by atoms with E-state index in [4.69, 9.17) is 0 Å². The molecule has 0 aromatic heterocycles. The van der Waals surface area contributed by atoms with Gasteiger partial charge in [0.2, 0.25) is 11.8 Å². The highest BCUT2D eigenvalue weighted by atomic mass is 16.2. The van der Waals surface area contributed by atoms with E-state index in [1.54, 1.807) is 11.9 Å². The zero-order valence-electron chi connectivity index (χ0n) is 17.0. The van der Waals surface area contributed by atoms with Crippen LogP contribution in [-0.2, 0) is 16.1 Å². The molecule has 150 valence electrons. The van der Waals surface area contributed by atoms with E-state index in [2.05, 4.69) is 10.6 Å². The van der Waals surface area contributed by atoms with Crippen molar-refractivity contribution in [3.63, 3.8) is 0 Å². The van der Waals surface area contributed by atoms with Crippen LogP contribution >= 0.6 is 0 Å². The number of urea groups is 1. The second kappa shape index (κ2) is 11.2. The maximum absolute atomic E-state index is 12.7. The first-order valence-corrected chi connectivity index (χ1v) is 9.41. The molecule has 0 saturated carbocycles. The van der Waals surface area contributed by atoms with Crippen molar-refractivity contribution in [1.82, 2.24) is 20.4 Å². The average Bonchev–Trinajstić information content (AvgIpc) is 2.65. The molecular weight excluding hydrogens is 344 g/mol.